The van der Waals surface area contributed by atoms with Gasteiger partial charge in [-0.3, -0.25) is 4.79 Å². The fourth-order valence-electron chi connectivity index (χ4n) is 2.90. The molecular weight excluding hydrogens is 489 g/mol. The highest BCUT2D eigenvalue weighted by Crippen LogP contribution is 2.35. The molecule has 10 heteroatoms. The van der Waals surface area contributed by atoms with E-state index < -0.39 is 5.97 Å². The van der Waals surface area contributed by atoms with Gasteiger partial charge in [-0.05, 0) is 44.5 Å². The zero-order valence-corrected chi connectivity index (χ0v) is 20.4. The predicted octanol–water partition coefficient (Wildman–Crippen LogP) is 6.84. The summed E-state index contributed by atoms with van der Waals surface area (Å²) in [4.78, 5) is 29.4. The van der Waals surface area contributed by atoms with Crippen LogP contribution in [0.2, 0.25) is 10.0 Å². The molecule has 0 bridgehead atoms. The number of halogens is 2. The molecule has 3 rings (SSSR count). The van der Waals surface area contributed by atoms with Crippen molar-refractivity contribution in [1.29, 1.82) is 5.26 Å². The van der Waals surface area contributed by atoms with Crippen molar-refractivity contribution in [2.75, 3.05) is 11.9 Å². The van der Waals surface area contributed by atoms with E-state index in [1.807, 2.05) is 0 Å². The zero-order chi connectivity index (χ0) is 23.4. The summed E-state index contributed by atoms with van der Waals surface area (Å²) in [5, 5.41) is 16.3. The van der Waals surface area contributed by atoms with Crippen LogP contribution >= 0.6 is 45.9 Å². The molecule has 0 saturated carbocycles. The molecule has 0 saturated heterocycles. The molecule has 0 spiro atoms. The third kappa shape index (κ3) is 5.03. The van der Waals surface area contributed by atoms with Gasteiger partial charge in [0.05, 0.1) is 27.8 Å². The van der Waals surface area contributed by atoms with Crippen molar-refractivity contribution in [2.45, 2.75) is 20.8 Å². The van der Waals surface area contributed by atoms with Crippen LogP contribution in [-0.4, -0.2) is 23.3 Å². The average Bonchev–Trinajstić information content (AvgIpc) is 3.34. The van der Waals surface area contributed by atoms with Gasteiger partial charge < -0.3 is 10.1 Å². The summed E-state index contributed by atoms with van der Waals surface area (Å²) in [6, 6.07) is 7.22. The number of nitrogens with one attached hydrogen (secondary N) is 1. The number of ketones is 1. The molecule has 2 heterocycles. The highest BCUT2D eigenvalue weighted by molar-refractivity contribution is 7.18. The van der Waals surface area contributed by atoms with Gasteiger partial charge >= 0.3 is 5.97 Å². The predicted molar refractivity (Wildman–Crippen MR) is 130 cm³/mol. The largest absolute Gasteiger partial charge is 0.462 e. The summed E-state index contributed by atoms with van der Waals surface area (Å²) < 4.78 is 5.13. The number of esters is 1. The van der Waals surface area contributed by atoms with E-state index in [9.17, 15) is 14.9 Å². The number of hydrogen-bond acceptors (Lipinski definition) is 8. The molecule has 6 nitrogen and oxygen atoms in total. The maximum Gasteiger partial charge on any atom is 0.341 e. The third-order valence-electron chi connectivity index (χ3n) is 4.36. The quantitative estimate of drug-likeness (QED) is 0.214. The van der Waals surface area contributed by atoms with E-state index in [-0.39, 0.29) is 23.5 Å². The number of nitrogens with zero attached hydrogens (tertiary/aromatic N) is 2. The summed E-state index contributed by atoms with van der Waals surface area (Å²) >= 11 is 14.6. The second-order valence-corrected chi connectivity index (χ2v) is 9.24. The van der Waals surface area contributed by atoms with Gasteiger partial charge in [0.25, 0.3) is 0 Å². The van der Waals surface area contributed by atoms with Crippen molar-refractivity contribution in [3.63, 3.8) is 0 Å². The summed E-state index contributed by atoms with van der Waals surface area (Å²) in [6.45, 7) is 5.05. The number of carbonyl (C=O) groups is 2. The molecule has 0 aliphatic heterocycles. The number of hydrogen-bond donors (Lipinski definition) is 1. The minimum absolute atomic E-state index is 0.153. The Balaban J connectivity index is 1.94. The Morgan fingerprint density at radius 2 is 2.09 bits per heavy atom. The number of aromatic nitrogens is 1. The SMILES string of the molecule is CCOC(=O)c1c(NC=C(C#N)c2nc(-c3ccc(Cl)cc3Cl)cs2)sc(C(C)=O)c1C. The molecular formula is C22H17Cl2N3O3S2. The van der Waals surface area contributed by atoms with Crippen LogP contribution in [0, 0.1) is 18.3 Å². The lowest BCUT2D eigenvalue weighted by molar-refractivity contribution is 0.0527. The van der Waals surface area contributed by atoms with Crippen LogP contribution in [-0.2, 0) is 4.74 Å². The number of thiazole rings is 1. The fraction of sp³-hybridized carbons (Fsp3) is 0.182. The van der Waals surface area contributed by atoms with Gasteiger partial charge in [0.2, 0.25) is 0 Å². The van der Waals surface area contributed by atoms with Crippen molar-refractivity contribution in [3.05, 3.63) is 60.8 Å². The first kappa shape index (κ1) is 24.0. The Labute approximate surface area is 203 Å². The number of anilines is 1. The van der Waals surface area contributed by atoms with Gasteiger partial charge in [0.1, 0.15) is 21.7 Å². The zero-order valence-electron chi connectivity index (χ0n) is 17.3. The number of rotatable bonds is 7. The Morgan fingerprint density at radius 1 is 1.34 bits per heavy atom. The first-order valence-corrected chi connectivity index (χ1v) is 11.8. The van der Waals surface area contributed by atoms with Gasteiger partial charge in [0.15, 0.2) is 5.78 Å². The number of benzene rings is 1. The Hall–Kier alpha value is -2.70. The number of carbonyl (C=O) groups excluding carboxylic acids is 2. The molecule has 0 atom stereocenters. The Bertz CT molecular complexity index is 1270. The normalized spacial score (nSPS) is 11.2. The number of thiophene rings is 1. The number of allylic oxidation sites excluding steroid dienone is 1. The second kappa shape index (κ2) is 10.3. The van der Waals surface area contributed by atoms with E-state index in [4.69, 9.17) is 27.9 Å². The van der Waals surface area contributed by atoms with Gasteiger partial charge in [0, 0.05) is 22.2 Å². The van der Waals surface area contributed by atoms with Crippen LogP contribution in [0.15, 0.2) is 29.8 Å². The molecule has 2 aromatic heterocycles. The fourth-order valence-corrected chi connectivity index (χ4v) is 5.25. The standard InChI is InChI=1S/C22H17Cl2N3O3S2/c1-4-30-22(29)18-11(2)19(12(3)28)32-21(18)26-9-13(8-25)20-27-17(10-31-20)15-6-5-14(23)7-16(15)24/h5-7,9-10,26H,4H2,1-3H3. The van der Waals surface area contributed by atoms with E-state index in [0.717, 1.165) is 11.3 Å². The van der Waals surface area contributed by atoms with Gasteiger partial charge in [-0.1, -0.05) is 23.2 Å². The van der Waals surface area contributed by atoms with Crippen molar-refractivity contribution in [3.8, 4) is 17.3 Å². The lowest BCUT2D eigenvalue weighted by atomic mass is 10.1. The molecule has 3 aromatic rings. The summed E-state index contributed by atoms with van der Waals surface area (Å²) in [5.74, 6) is -0.683. The molecule has 164 valence electrons. The molecule has 0 radical (unpaired) electrons. The molecule has 0 fully saturated rings. The molecule has 0 aliphatic carbocycles. The average molecular weight is 506 g/mol. The Kier molecular flexibility index (Phi) is 7.69. The van der Waals surface area contributed by atoms with E-state index in [1.54, 1.807) is 37.4 Å². The van der Waals surface area contributed by atoms with E-state index in [0.29, 0.717) is 41.8 Å². The van der Waals surface area contributed by atoms with Crippen LogP contribution in [0.5, 0.6) is 0 Å². The van der Waals surface area contributed by atoms with Crippen molar-refractivity contribution in [2.24, 2.45) is 0 Å². The monoisotopic (exact) mass is 505 g/mol. The minimum atomic E-state index is -0.530. The lowest BCUT2D eigenvalue weighted by Gasteiger charge is -2.05. The van der Waals surface area contributed by atoms with Gasteiger partial charge in [-0.15, -0.1) is 22.7 Å². The lowest BCUT2D eigenvalue weighted by Crippen LogP contribution is -2.08. The summed E-state index contributed by atoms with van der Waals surface area (Å²) in [7, 11) is 0. The minimum Gasteiger partial charge on any atom is -0.462 e. The van der Waals surface area contributed by atoms with Crippen LogP contribution in [0.4, 0.5) is 5.00 Å². The molecule has 0 unspecified atom stereocenters. The molecule has 0 aliphatic rings. The maximum absolute atomic E-state index is 12.4. The third-order valence-corrected chi connectivity index (χ3v) is 7.10. The Morgan fingerprint density at radius 3 is 2.72 bits per heavy atom. The molecule has 1 N–H and O–H groups in total. The number of ether oxygens (including phenoxy) is 1. The summed E-state index contributed by atoms with van der Waals surface area (Å²) in [6.07, 6.45) is 1.46. The van der Waals surface area contributed by atoms with Crippen LogP contribution in [0.3, 0.4) is 0 Å². The smallest absolute Gasteiger partial charge is 0.341 e. The van der Waals surface area contributed by atoms with E-state index in [1.165, 1.54) is 24.5 Å². The van der Waals surface area contributed by atoms with Gasteiger partial charge in [-0.2, -0.15) is 5.26 Å². The highest BCUT2D eigenvalue weighted by Gasteiger charge is 2.24. The highest BCUT2D eigenvalue weighted by atomic mass is 35.5. The summed E-state index contributed by atoms with van der Waals surface area (Å²) in [5.41, 5.74) is 2.41. The van der Waals surface area contributed by atoms with E-state index in [2.05, 4.69) is 16.4 Å². The molecule has 32 heavy (non-hydrogen) atoms. The maximum atomic E-state index is 12.4. The topological polar surface area (TPSA) is 92.1 Å². The van der Waals surface area contributed by atoms with Crippen molar-refractivity contribution >= 4 is 68.2 Å². The van der Waals surface area contributed by atoms with E-state index >= 15 is 0 Å². The van der Waals surface area contributed by atoms with Crippen molar-refractivity contribution in [1.82, 2.24) is 4.98 Å². The molecule has 1 aromatic carbocycles. The molecule has 0 amide bonds. The number of nitriles is 1. The van der Waals surface area contributed by atoms with Gasteiger partial charge in [-0.25, -0.2) is 9.78 Å². The number of Topliss-reactive ketones (excluding diaryl/α,β-unsaturated/α-hetero) is 1. The van der Waals surface area contributed by atoms with Crippen molar-refractivity contribution < 1.29 is 14.3 Å². The first-order valence-electron chi connectivity index (χ1n) is 9.36. The second-order valence-electron chi connectivity index (χ2n) is 6.51. The van der Waals surface area contributed by atoms with Crippen LogP contribution in [0.25, 0.3) is 16.8 Å². The van der Waals surface area contributed by atoms with Crippen LogP contribution in [0.1, 0.15) is 44.4 Å². The first-order chi connectivity index (χ1) is 15.3. The van der Waals surface area contributed by atoms with Crippen LogP contribution < -0.4 is 5.32 Å².